The summed E-state index contributed by atoms with van der Waals surface area (Å²) in [6, 6.07) is 13.9. The Labute approximate surface area is 295 Å². The topological polar surface area (TPSA) is 93.7 Å². The van der Waals surface area contributed by atoms with Gasteiger partial charge in [-0.25, -0.2) is 8.42 Å². The maximum absolute atomic E-state index is 11.9. The highest BCUT2D eigenvalue weighted by molar-refractivity contribution is 9.16. The molecule has 0 saturated carbocycles. The Bertz CT molecular complexity index is 1310. The molecule has 45 heavy (non-hydrogen) atoms. The Hall–Kier alpha value is -3.51. The molecule has 0 atom stereocenters. The molecule has 0 bridgehead atoms. The molecule has 2 aromatic rings. The fourth-order valence-corrected chi connectivity index (χ4v) is 5.58. The zero-order valence-electron chi connectivity index (χ0n) is 24.0. The Kier molecular flexibility index (Phi) is 31.8. The molecule has 7 nitrogen and oxygen atoms in total. The summed E-state index contributed by atoms with van der Waals surface area (Å²) in [6.07, 6.45) is 9.12. The maximum Gasteiger partial charge on any atom is 0.267 e. The van der Waals surface area contributed by atoms with Gasteiger partial charge < -0.3 is 15.5 Å². The average Bonchev–Trinajstić information content (AvgIpc) is 2.94. The van der Waals surface area contributed by atoms with E-state index in [0.29, 0.717) is 5.56 Å². The van der Waals surface area contributed by atoms with Gasteiger partial charge in [0, 0.05) is 50.7 Å². The van der Waals surface area contributed by atoms with Crippen molar-refractivity contribution in [1.82, 2.24) is 9.21 Å². The van der Waals surface area contributed by atoms with Crippen LogP contribution in [0, 0.1) is 12.3 Å². The van der Waals surface area contributed by atoms with Crippen molar-refractivity contribution in [1.29, 1.82) is 5.41 Å². The summed E-state index contributed by atoms with van der Waals surface area (Å²) in [5, 5.41) is 7.23. The summed E-state index contributed by atoms with van der Waals surface area (Å²) in [6.45, 7) is 30.2. The molecule has 2 aromatic carbocycles. The lowest BCUT2D eigenvalue weighted by molar-refractivity contribution is 0.553. The number of aryl methyl sites for hydroxylation is 1. The van der Waals surface area contributed by atoms with Crippen molar-refractivity contribution in [3.8, 4) is 0 Å². The van der Waals surface area contributed by atoms with Crippen LogP contribution in [0.5, 0.6) is 0 Å². The van der Waals surface area contributed by atoms with Crippen molar-refractivity contribution in [3.05, 3.63) is 157 Å². The van der Waals surface area contributed by atoms with E-state index in [0.717, 1.165) is 23.2 Å². The van der Waals surface area contributed by atoms with Crippen LogP contribution in [-0.4, -0.2) is 30.5 Å². The highest BCUT2D eigenvalue weighted by atomic mass is 79.9. The third-order valence-electron chi connectivity index (χ3n) is 4.62. The lowest BCUT2D eigenvalue weighted by Crippen LogP contribution is -2.19. The molecule has 11 heteroatoms. The molecular formula is C34H51Br2N5O2S2. The van der Waals surface area contributed by atoms with Gasteiger partial charge in [-0.15, -0.1) is 0 Å². The SMILES string of the molecule is C.C.C.C=C(Br)SC(=C)Br.C=CN(C)C=C.C=CN(C=C)S(=O)(=O)c1ccc(C)cc1.C=CN(C=C)c1ccc(C(=N)N)cc1. The van der Waals surface area contributed by atoms with E-state index in [-0.39, 0.29) is 33.0 Å². The lowest BCUT2D eigenvalue weighted by Gasteiger charge is -2.14. The first-order valence-electron chi connectivity index (χ1n) is 11.8. The third-order valence-corrected chi connectivity index (χ3v) is 7.76. The maximum atomic E-state index is 11.9. The molecule has 0 aromatic heterocycles. The number of hydrogen-bond acceptors (Lipinski definition) is 6. The zero-order chi connectivity index (χ0) is 32.9. The lowest BCUT2D eigenvalue weighted by atomic mass is 10.2. The van der Waals surface area contributed by atoms with Crippen LogP contribution >= 0.6 is 43.6 Å². The minimum absolute atomic E-state index is 0. The predicted molar refractivity (Wildman–Crippen MR) is 213 cm³/mol. The molecule has 0 amide bonds. The van der Waals surface area contributed by atoms with E-state index in [2.05, 4.69) is 84.5 Å². The van der Waals surface area contributed by atoms with Crippen molar-refractivity contribution in [2.45, 2.75) is 34.1 Å². The monoisotopic (exact) mass is 783 g/mol. The summed E-state index contributed by atoms with van der Waals surface area (Å²) in [5.41, 5.74) is 8.00. The second kappa shape index (κ2) is 28.0. The van der Waals surface area contributed by atoms with Gasteiger partial charge in [0.15, 0.2) is 0 Å². The fraction of sp³-hybridized carbons (Fsp3) is 0.147. The van der Waals surface area contributed by atoms with Crippen molar-refractivity contribution in [2.75, 3.05) is 11.9 Å². The minimum Gasteiger partial charge on any atom is -0.384 e. The van der Waals surface area contributed by atoms with Crippen LogP contribution in [0.2, 0.25) is 0 Å². The van der Waals surface area contributed by atoms with E-state index in [4.69, 9.17) is 11.1 Å². The number of halogens is 2. The first-order valence-corrected chi connectivity index (χ1v) is 15.7. The Morgan fingerprint density at radius 1 is 0.778 bits per heavy atom. The van der Waals surface area contributed by atoms with Crippen molar-refractivity contribution in [3.63, 3.8) is 0 Å². The van der Waals surface area contributed by atoms with Crippen molar-refractivity contribution < 1.29 is 8.42 Å². The van der Waals surface area contributed by atoms with Crippen LogP contribution in [0.3, 0.4) is 0 Å². The largest absolute Gasteiger partial charge is 0.384 e. The van der Waals surface area contributed by atoms with E-state index in [1.54, 1.807) is 71.0 Å². The van der Waals surface area contributed by atoms with Gasteiger partial charge in [-0.05, 0) is 87.6 Å². The number of amidine groups is 1. The van der Waals surface area contributed by atoms with Gasteiger partial charge in [0.2, 0.25) is 0 Å². The Morgan fingerprint density at radius 2 is 1.18 bits per heavy atom. The molecule has 0 fully saturated rings. The second-order valence-electron chi connectivity index (χ2n) is 7.59. The summed E-state index contributed by atoms with van der Waals surface area (Å²) < 4.78 is 26.5. The van der Waals surface area contributed by atoms with Crippen molar-refractivity contribution in [2.24, 2.45) is 5.73 Å². The fourth-order valence-electron chi connectivity index (χ4n) is 2.40. The van der Waals surface area contributed by atoms with Gasteiger partial charge in [-0.2, -0.15) is 0 Å². The van der Waals surface area contributed by atoms with Crippen LogP contribution in [0.1, 0.15) is 33.4 Å². The summed E-state index contributed by atoms with van der Waals surface area (Å²) in [4.78, 5) is 3.79. The number of thioether (sulfide) groups is 1. The second-order valence-corrected chi connectivity index (χ2v) is 13.6. The molecule has 0 unspecified atom stereocenters. The standard InChI is InChI=1S/C11H13N3.C11H13NO2S.C5H9N.C4H4Br2S.3CH4/c1-3-14(4-2)10-7-5-9(6-8-10)11(12)13;1-4-12(5-2)15(13,14)11-8-6-10(3)7-9-11;1-4-6(3)5-2;1-3(5)7-4(2)6;;;/h3-8H,1-2H2,(H3,12,13);4-9H,1-2H2,3H3;4-5H,1-2H2,3H3;1-2H2;3*1H4. The minimum atomic E-state index is -3.52. The number of rotatable bonds is 12. The third kappa shape index (κ3) is 21.8. The quantitative estimate of drug-likeness (QED) is 0.164. The van der Waals surface area contributed by atoms with Crippen LogP contribution in [0.15, 0.2) is 151 Å². The van der Waals surface area contributed by atoms with Crippen molar-refractivity contribution >= 4 is 65.2 Å². The number of hydrogen-bond donors (Lipinski definition) is 2. The Balaban J connectivity index is -0.000000165. The van der Waals surface area contributed by atoms with Crippen LogP contribution in [-0.2, 0) is 10.0 Å². The molecule has 0 saturated heterocycles. The molecule has 0 spiro atoms. The summed E-state index contributed by atoms with van der Waals surface area (Å²) >= 11 is 7.76. The summed E-state index contributed by atoms with van der Waals surface area (Å²) in [5.74, 6) is 0.0697. The first kappa shape index (κ1) is 51.1. The highest BCUT2D eigenvalue weighted by Crippen LogP contribution is 2.30. The number of anilines is 1. The normalized spacial score (nSPS) is 8.62. The molecule has 2 rings (SSSR count). The average molecular weight is 786 g/mol. The predicted octanol–water partition coefficient (Wildman–Crippen LogP) is 10.9. The number of nitrogens with one attached hydrogen (secondary N) is 1. The van der Waals surface area contributed by atoms with E-state index >= 15 is 0 Å². The molecule has 0 aliphatic carbocycles. The molecule has 0 heterocycles. The summed E-state index contributed by atoms with van der Waals surface area (Å²) in [7, 11) is -1.65. The van der Waals surface area contributed by atoms with E-state index < -0.39 is 10.0 Å². The number of benzene rings is 2. The molecule has 250 valence electrons. The molecule has 3 N–H and O–H groups in total. The van der Waals surface area contributed by atoms with Gasteiger partial charge >= 0.3 is 0 Å². The first-order chi connectivity index (χ1) is 19.6. The van der Waals surface area contributed by atoms with E-state index in [1.807, 2.05) is 26.1 Å². The molecular weight excluding hydrogens is 734 g/mol. The number of nitrogen functional groups attached to an aromatic ring is 1. The molecule has 0 aliphatic rings. The Morgan fingerprint density at radius 3 is 1.42 bits per heavy atom. The molecule has 0 radical (unpaired) electrons. The van der Waals surface area contributed by atoms with Gasteiger partial charge in [-0.1, -0.05) is 104 Å². The van der Waals surface area contributed by atoms with Gasteiger partial charge in [0.05, 0.1) is 4.90 Å². The van der Waals surface area contributed by atoms with Gasteiger partial charge in [0.1, 0.15) is 5.84 Å². The van der Waals surface area contributed by atoms with Gasteiger partial charge in [-0.3, -0.25) is 9.71 Å². The molecule has 0 aliphatic heterocycles. The van der Waals surface area contributed by atoms with E-state index in [1.165, 1.54) is 24.2 Å². The number of sulfonamides is 1. The smallest absolute Gasteiger partial charge is 0.267 e. The van der Waals surface area contributed by atoms with Crippen LogP contribution in [0.4, 0.5) is 5.69 Å². The number of nitrogens with two attached hydrogens (primary N) is 1. The zero-order valence-corrected chi connectivity index (χ0v) is 28.9. The highest BCUT2D eigenvalue weighted by Gasteiger charge is 2.18. The van der Waals surface area contributed by atoms with Crippen LogP contribution in [0.25, 0.3) is 0 Å². The number of nitrogens with zero attached hydrogens (tertiary/aromatic N) is 3. The van der Waals surface area contributed by atoms with Gasteiger partial charge in [0.25, 0.3) is 10.0 Å². The van der Waals surface area contributed by atoms with Crippen LogP contribution < -0.4 is 10.6 Å². The van der Waals surface area contributed by atoms with E-state index in [9.17, 15) is 8.42 Å².